The molecule has 0 amide bonds. The molecule has 26 heavy (non-hydrogen) atoms. The molecule has 0 bridgehead atoms. The molecule has 4 heteroatoms. The van der Waals surface area contributed by atoms with Crippen LogP contribution in [0, 0.1) is 11.3 Å². The number of Topliss-reactive ketones (excluding diaryl/α,β-unsaturated/α-hetero) is 1. The molecule has 0 spiro atoms. The van der Waals surface area contributed by atoms with Crippen molar-refractivity contribution in [3.05, 3.63) is 22.8 Å². The molecule has 1 unspecified atom stereocenters. The summed E-state index contributed by atoms with van der Waals surface area (Å²) in [5.41, 5.74) is 3.09. The van der Waals surface area contributed by atoms with Crippen LogP contribution in [0.25, 0.3) is 0 Å². The van der Waals surface area contributed by atoms with E-state index in [1.165, 1.54) is 12.5 Å². The second kappa shape index (κ2) is 6.63. The van der Waals surface area contributed by atoms with Crippen LogP contribution in [0.3, 0.4) is 0 Å². The number of carbonyl (C=O) groups excluding carboxylic acids is 2. The zero-order valence-electron chi connectivity index (χ0n) is 17.0. The fourth-order valence-corrected chi connectivity index (χ4v) is 5.05. The summed E-state index contributed by atoms with van der Waals surface area (Å²) in [7, 11) is 0. The Balaban J connectivity index is 1.93. The number of esters is 1. The van der Waals surface area contributed by atoms with Gasteiger partial charge in [0.25, 0.3) is 0 Å². The molecule has 0 N–H and O–H groups in total. The Labute approximate surface area is 157 Å². The van der Waals surface area contributed by atoms with Crippen LogP contribution in [-0.4, -0.2) is 29.6 Å². The van der Waals surface area contributed by atoms with Gasteiger partial charge in [-0.25, -0.2) is 0 Å². The van der Waals surface area contributed by atoms with E-state index in [9.17, 15) is 9.59 Å². The van der Waals surface area contributed by atoms with Crippen LogP contribution in [0.2, 0.25) is 0 Å². The Hall–Kier alpha value is -1.42. The highest BCUT2D eigenvalue weighted by molar-refractivity contribution is 5.99. The number of hydrogen-bond acceptors (Lipinski definition) is 4. The van der Waals surface area contributed by atoms with Crippen molar-refractivity contribution < 1.29 is 19.1 Å². The van der Waals surface area contributed by atoms with Crippen molar-refractivity contribution in [1.29, 1.82) is 0 Å². The normalized spacial score (nSPS) is 42.1. The lowest BCUT2D eigenvalue weighted by atomic mass is 9.72. The third-order valence-corrected chi connectivity index (χ3v) is 6.56. The van der Waals surface area contributed by atoms with Crippen LogP contribution in [0.1, 0.15) is 73.6 Å². The Bertz CT molecular complexity index is 684. The van der Waals surface area contributed by atoms with Crippen LogP contribution >= 0.6 is 0 Å². The average Bonchev–Trinajstić information content (AvgIpc) is 3.11. The number of ether oxygens (including phenoxy) is 2. The molecule has 4 nitrogen and oxygen atoms in total. The number of carbonyl (C=O) groups is 2. The summed E-state index contributed by atoms with van der Waals surface area (Å²) in [5, 5.41) is 0. The monoisotopic (exact) mass is 360 g/mol. The summed E-state index contributed by atoms with van der Waals surface area (Å²) in [6.07, 6.45) is 6.01. The highest BCUT2D eigenvalue weighted by Crippen LogP contribution is 2.54. The maximum atomic E-state index is 12.7. The van der Waals surface area contributed by atoms with Gasteiger partial charge in [-0.3, -0.25) is 9.59 Å². The molecule has 0 aromatic rings. The minimum atomic E-state index is -0.260. The van der Waals surface area contributed by atoms with Crippen molar-refractivity contribution in [2.75, 3.05) is 0 Å². The first-order valence-electron chi connectivity index (χ1n) is 9.77. The van der Waals surface area contributed by atoms with E-state index in [0.717, 1.165) is 30.4 Å². The molecule has 2 aliphatic carbocycles. The number of fused-ring (bicyclic) bond motifs is 2. The summed E-state index contributed by atoms with van der Waals surface area (Å²) >= 11 is 0. The number of ketones is 1. The Morgan fingerprint density at radius 3 is 2.58 bits per heavy atom. The van der Waals surface area contributed by atoms with E-state index in [1.807, 2.05) is 0 Å². The van der Waals surface area contributed by atoms with Gasteiger partial charge in [0.05, 0.1) is 5.60 Å². The van der Waals surface area contributed by atoms with Crippen molar-refractivity contribution >= 4 is 11.8 Å². The highest BCUT2D eigenvalue weighted by atomic mass is 16.6. The summed E-state index contributed by atoms with van der Waals surface area (Å²) in [5.74, 6) is 0.338. The Morgan fingerprint density at radius 1 is 1.27 bits per heavy atom. The van der Waals surface area contributed by atoms with E-state index >= 15 is 0 Å². The Kier molecular flexibility index (Phi) is 4.93. The topological polar surface area (TPSA) is 55.9 Å². The van der Waals surface area contributed by atoms with Gasteiger partial charge in [-0.05, 0) is 63.9 Å². The maximum absolute atomic E-state index is 12.7. The van der Waals surface area contributed by atoms with Gasteiger partial charge in [0.2, 0.25) is 0 Å². The molecule has 1 heterocycles. The molecule has 1 aliphatic heterocycles. The third-order valence-electron chi connectivity index (χ3n) is 6.56. The smallest absolute Gasteiger partial charge is 0.303 e. The van der Waals surface area contributed by atoms with Gasteiger partial charge >= 0.3 is 5.97 Å². The molecule has 5 atom stereocenters. The Morgan fingerprint density at radius 2 is 1.96 bits per heavy atom. The zero-order valence-corrected chi connectivity index (χ0v) is 17.0. The SMILES string of the molecule is CC(=O)OC1C/C(C)=C/C[C@@]2(C)CC(=O)C(=C(C)C)[C@@H]2CC[C@]2(C)O[C@@H]12. The lowest BCUT2D eigenvalue weighted by Gasteiger charge is -2.31. The summed E-state index contributed by atoms with van der Waals surface area (Å²) < 4.78 is 11.6. The number of rotatable bonds is 1. The first kappa shape index (κ1) is 19.3. The molecule has 1 saturated carbocycles. The molecule has 2 fully saturated rings. The van der Waals surface area contributed by atoms with Crippen molar-refractivity contribution in [3.8, 4) is 0 Å². The van der Waals surface area contributed by atoms with E-state index in [0.29, 0.717) is 18.6 Å². The van der Waals surface area contributed by atoms with Crippen molar-refractivity contribution in [3.63, 3.8) is 0 Å². The molecular weight excluding hydrogens is 328 g/mol. The van der Waals surface area contributed by atoms with Gasteiger partial charge in [0.1, 0.15) is 12.2 Å². The summed E-state index contributed by atoms with van der Waals surface area (Å²) in [6.45, 7) is 12.0. The van der Waals surface area contributed by atoms with Crippen LogP contribution in [0.5, 0.6) is 0 Å². The molecule has 144 valence electrons. The minimum Gasteiger partial charge on any atom is -0.459 e. The highest BCUT2D eigenvalue weighted by Gasteiger charge is 2.58. The van der Waals surface area contributed by atoms with E-state index < -0.39 is 0 Å². The average molecular weight is 360 g/mol. The van der Waals surface area contributed by atoms with E-state index in [4.69, 9.17) is 9.47 Å². The fourth-order valence-electron chi connectivity index (χ4n) is 5.05. The van der Waals surface area contributed by atoms with Crippen molar-refractivity contribution in [2.45, 2.75) is 91.5 Å². The molecule has 0 radical (unpaired) electrons. The predicted octanol–water partition coefficient (Wildman–Crippen LogP) is 4.53. The third kappa shape index (κ3) is 3.53. The molecule has 1 saturated heterocycles. The van der Waals surface area contributed by atoms with E-state index in [-0.39, 0.29) is 35.1 Å². The van der Waals surface area contributed by atoms with Gasteiger partial charge in [-0.1, -0.05) is 24.1 Å². The molecular formula is C22H32O4. The predicted molar refractivity (Wildman–Crippen MR) is 101 cm³/mol. The van der Waals surface area contributed by atoms with Crippen LogP contribution in [0.4, 0.5) is 0 Å². The number of epoxide rings is 1. The van der Waals surface area contributed by atoms with Crippen LogP contribution < -0.4 is 0 Å². The van der Waals surface area contributed by atoms with Crippen LogP contribution in [-0.2, 0) is 19.1 Å². The summed E-state index contributed by atoms with van der Waals surface area (Å²) in [4.78, 5) is 24.2. The molecule has 0 aromatic heterocycles. The van der Waals surface area contributed by atoms with Crippen molar-refractivity contribution in [2.24, 2.45) is 11.3 Å². The second-order valence-electron chi connectivity index (χ2n) is 9.22. The molecule has 3 aliphatic rings. The van der Waals surface area contributed by atoms with Crippen molar-refractivity contribution in [1.82, 2.24) is 0 Å². The lowest BCUT2D eigenvalue weighted by molar-refractivity contribution is -0.147. The van der Waals surface area contributed by atoms with Gasteiger partial charge in [0.15, 0.2) is 5.78 Å². The summed E-state index contributed by atoms with van der Waals surface area (Å²) in [6, 6.07) is 0. The number of allylic oxidation sites excluding steroid dienone is 3. The molecule has 3 rings (SSSR count). The first-order chi connectivity index (χ1) is 12.1. The van der Waals surface area contributed by atoms with Gasteiger partial charge in [-0.2, -0.15) is 0 Å². The maximum Gasteiger partial charge on any atom is 0.303 e. The largest absolute Gasteiger partial charge is 0.459 e. The molecule has 0 aromatic carbocycles. The lowest BCUT2D eigenvalue weighted by Crippen LogP contribution is -2.28. The fraction of sp³-hybridized carbons (Fsp3) is 0.727. The van der Waals surface area contributed by atoms with Crippen LogP contribution in [0.15, 0.2) is 22.8 Å². The quantitative estimate of drug-likeness (QED) is 0.298. The zero-order chi connectivity index (χ0) is 19.3. The van der Waals surface area contributed by atoms with Gasteiger partial charge in [0, 0.05) is 19.8 Å². The first-order valence-corrected chi connectivity index (χ1v) is 9.77. The number of hydrogen-bond donors (Lipinski definition) is 0. The van der Waals surface area contributed by atoms with Gasteiger partial charge < -0.3 is 9.47 Å². The minimum absolute atomic E-state index is 0.0348. The van der Waals surface area contributed by atoms with E-state index in [2.05, 4.69) is 40.7 Å². The standard InChI is InChI=1S/C22H32O4/c1-13(2)19-16-8-10-22(6)20(26-22)18(25-15(4)23)11-14(3)7-9-21(16,5)12-17(19)24/h7,16,18,20H,8-12H2,1-6H3/b14-7+/t16-,18?,20-,21-,22-/m0/s1. The van der Waals surface area contributed by atoms with Gasteiger partial charge in [-0.15, -0.1) is 0 Å². The second-order valence-corrected chi connectivity index (χ2v) is 9.22. The van der Waals surface area contributed by atoms with E-state index in [1.54, 1.807) is 0 Å².